The van der Waals surface area contributed by atoms with Crippen molar-refractivity contribution in [1.82, 2.24) is 0 Å². The number of allylic oxidation sites excluding steroid dienone is 2. The summed E-state index contributed by atoms with van der Waals surface area (Å²) in [6, 6.07) is 0. The highest BCUT2D eigenvalue weighted by Gasteiger charge is 1.93. The molecule has 0 saturated heterocycles. The predicted octanol–water partition coefficient (Wildman–Crippen LogP) is 3.06. The number of rotatable bonds is 7. The van der Waals surface area contributed by atoms with Crippen LogP contribution in [0.2, 0.25) is 0 Å². The average molecular weight is 186 g/mol. The molecule has 1 nitrogen and oxygen atoms in total. The maximum atomic E-state index is 11.1. The summed E-state index contributed by atoms with van der Waals surface area (Å²) in [5, 5.41) is 0. The van der Waals surface area contributed by atoms with E-state index >= 15 is 0 Å². The van der Waals surface area contributed by atoms with Crippen molar-refractivity contribution in [2.45, 2.75) is 33.1 Å². The Morgan fingerprint density at radius 1 is 1.42 bits per heavy atom. The standard InChI is InChI=1S/C10H18OS/c1-3-5-6-7-8-10(11)9-12-4-2/h7-8H,3-6,9H2,1-2H3. The van der Waals surface area contributed by atoms with Gasteiger partial charge in [-0.2, -0.15) is 11.8 Å². The summed E-state index contributed by atoms with van der Waals surface area (Å²) in [7, 11) is 0. The minimum atomic E-state index is 0.248. The summed E-state index contributed by atoms with van der Waals surface area (Å²) in [6.07, 6.45) is 7.13. The summed E-state index contributed by atoms with van der Waals surface area (Å²) in [6.45, 7) is 4.22. The van der Waals surface area contributed by atoms with Crippen LogP contribution >= 0.6 is 11.8 Å². The maximum absolute atomic E-state index is 11.1. The van der Waals surface area contributed by atoms with E-state index in [1.54, 1.807) is 17.8 Å². The van der Waals surface area contributed by atoms with Gasteiger partial charge in [-0.3, -0.25) is 4.79 Å². The lowest BCUT2D eigenvalue weighted by molar-refractivity contribution is -0.112. The molecule has 70 valence electrons. The smallest absolute Gasteiger partial charge is 0.165 e. The Balaban J connectivity index is 3.34. The highest BCUT2D eigenvalue weighted by molar-refractivity contribution is 7.99. The first-order valence-corrected chi connectivity index (χ1v) is 5.73. The van der Waals surface area contributed by atoms with Gasteiger partial charge in [-0.05, 0) is 18.2 Å². The van der Waals surface area contributed by atoms with E-state index in [4.69, 9.17) is 0 Å². The van der Waals surface area contributed by atoms with E-state index in [0.717, 1.165) is 12.2 Å². The molecule has 0 amide bonds. The summed E-state index contributed by atoms with van der Waals surface area (Å²) in [5.74, 6) is 1.91. The molecule has 2 heteroatoms. The van der Waals surface area contributed by atoms with Crippen LogP contribution in [0, 0.1) is 0 Å². The molecule has 0 aliphatic carbocycles. The SMILES string of the molecule is CCCCC=CC(=O)CSCC. The highest BCUT2D eigenvalue weighted by atomic mass is 32.2. The van der Waals surface area contributed by atoms with Crippen LogP contribution in [0.3, 0.4) is 0 Å². The molecule has 0 aromatic carbocycles. The van der Waals surface area contributed by atoms with Gasteiger partial charge in [0, 0.05) is 0 Å². The number of carbonyl (C=O) groups is 1. The molecule has 0 fully saturated rings. The van der Waals surface area contributed by atoms with E-state index in [-0.39, 0.29) is 5.78 Å². The lowest BCUT2D eigenvalue weighted by Crippen LogP contribution is -1.95. The third-order valence-electron chi connectivity index (χ3n) is 1.48. The molecule has 0 bridgehead atoms. The van der Waals surface area contributed by atoms with Gasteiger partial charge in [-0.25, -0.2) is 0 Å². The molecule has 0 heterocycles. The fourth-order valence-corrected chi connectivity index (χ4v) is 1.29. The zero-order valence-electron chi connectivity index (χ0n) is 8.01. The molecule has 0 N–H and O–H groups in total. The normalized spacial score (nSPS) is 10.8. The second-order valence-corrected chi connectivity index (χ2v) is 3.92. The van der Waals surface area contributed by atoms with E-state index in [1.165, 1.54) is 12.8 Å². The molecule has 0 aliphatic heterocycles. The van der Waals surface area contributed by atoms with Crippen molar-refractivity contribution in [3.8, 4) is 0 Å². The minimum Gasteiger partial charge on any atom is -0.294 e. The zero-order chi connectivity index (χ0) is 9.23. The van der Waals surface area contributed by atoms with Gasteiger partial charge in [0.15, 0.2) is 5.78 Å². The first kappa shape index (κ1) is 11.8. The third kappa shape index (κ3) is 7.86. The van der Waals surface area contributed by atoms with Crippen LogP contribution in [0.25, 0.3) is 0 Å². The second-order valence-electron chi connectivity index (χ2n) is 2.65. The monoisotopic (exact) mass is 186 g/mol. The van der Waals surface area contributed by atoms with Crippen molar-refractivity contribution in [2.75, 3.05) is 11.5 Å². The van der Waals surface area contributed by atoms with E-state index in [1.807, 2.05) is 6.08 Å². The largest absolute Gasteiger partial charge is 0.294 e. The Labute approximate surface area is 79.6 Å². The predicted molar refractivity (Wildman–Crippen MR) is 56.7 cm³/mol. The molecule has 0 unspecified atom stereocenters. The van der Waals surface area contributed by atoms with Gasteiger partial charge in [-0.1, -0.05) is 32.8 Å². The van der Waals surface area contributed by atoms with Crippen LogP contribution in [0.15, 0.2) is 12.2 Å². The Hall–Kier alpha value is -0.240. The van der Waals surface area contributed by atoms with Crippen molar-refractivity contribution in [3.05, 3.63) is 12.2 Å². The Morgan fingerprint density at radius 3 is 2.75 bits per heavy atom. The van der Waals surface area contributed by atoms with Crippen molar-refractivity contribution in [2.24, 2.45) is 0 Å². The highest BCUT2D eigenvalue weighted by Crippen LogP contribution is 2.00. The quantitative estimate of drug-likeness (QED) is 0.449. The van der Waals surface area contributed by atoms with Crippen LogP contribution in [0.5, 0.6) is 0 Å². The molecular weight excluding hydrogens is 168 g/mol. The topological polar surface area (TPSA) is 17.1 Å². The summed E-state index contributed by atoms with van der Waals surface area (Å²) in [4.78, 5) is 11.1. The lowest BCUT2D eigenvalue weighted by atomic mass is 10.2. The minimum absolute atomic E-state index is 0.248. The molecule has 0 radical (unpaired) electrons. The number of carbonyl (C=O) groups excluding carboxylic acids is 1. The number of hydrogen-bond acceptors (Lipinski definition) is 2. The molecule has 0 saturated carbocycles. The van der Waals surface area contributed by atoms with Crippen molar-refractivity contribution in [1.29, 1.82) is 0 Å². The van der Waals surface area contributed by atoms with Crippen LogP contribution < -0.4 is 0 Å². The van der Waals surface area contributed by atoms with Gasteiger partial charge in [0.1, 0.15) is 0 Å². The van der Waals surface area contributed by atoms with E-state index in [9.17, 15) is 4.79 Å². The third-order valence-corrected chi connectivity index (χ3v) is 2.37. The van der Waals surface area contributed by atoms with Crippen LogP contribution in [-0.4, -0.2) is 17.3 Å². The van der Waals surface area contributed by atoms with Crippen LogP contribution in [0.4, 0.5) is 0 Å². The summed E-state index contributed by atoms with van der Waals surface area (Å²) >= 11 is 1.68. The fourth-order valence-electron chi connectivity index (χ4n) is 0.788. The van der Waals surface area contributed by atoms with Gasteiger partial charge >= 0.3 is 0 Å². The Morgan fingerprint density at radius 2 is 2.17 bits per heavy atom. The second kappa shape index (κ2) is 8.85. The van der Waals surface area contributed by atoms with E-state index in [0.29, 0.717) is 5.75 Å². The maximum Gasteiger partial charge on any atom is 0.165 e. The molecule has 0 spiro atoms. The van der Waals surface area contributed by atoms with E-state index in [2.05, 4.69) is 13.8 Å². The zero-order valence-corrected chi connectivity index (χ0v) is 8.82. The van der Waals surface area contributed by atoms with Gasteiger partial charge in [-0.15, -0.1) is 0 Å². The van der Waals surface area contributed by atoms with Crippen molar-refractivity contribution >= 4 is 17.5 Å². The molecule has 0 rings (SSSR count). The van der Waals surface area contributed by atoms with E-state index < -0.39 is 0 Å². The molecule has 0 aliphatic rings. The number of unbranched alkanes of at least 4 members (excludes halogenated alkanes) is 2. The molecule has 0 aromatic rings. The number of ketones is 1. The number of thioether (sulfide) groups is 1. The Kier molecular flexibility index (Phi) is 8.68. The van der Waals surface area contributed by atoms with Gasteiger partial charge in [0.05, 0.1) is 5.75 Å². The van der Waals surface area contributed by atoms with Crippen LogP contribution in [0.1, 0.15) is 33.1 Å². The van der Waals surface area contributed by atoms with Gasteiger partial charge in [0.25, 0.3) is 0 Å². The van der Waals surface area contributed by atoms with Crippen LogP contribution in [-0.2, 0) is 4.79 Å². The summed E-state index contributed by atoms with van der Waals surface area (Å²) in [5.41, 5.74) is 0. The first-order valence-electron chi connectivity index (χ1n) is 4.58. The van der Waals surface area contributed by atoms with Crippen molar-refractivity contribution < 1.29 is 4.79 Å². The molecule has 0 aromatic heterocycles. The number of hydrogen-bond donors (Lipinski definition) is 0. The average Bonchev–Trinajstić information content (AvgIpc) is 2.09. The Bertz CT molecular complexity index is 141. The fraction of sp³-hybridized carbons (Fsp3) is 0.700. The van der Waals surface area contributed by atoms with Gasteiger partial charge < -0.3 is 0 Å². The lowest BCUT2D eigenvalue weighted by Gasteiger charge is -1.92. The first-order chi connectivity index (χ1) is 5.81. The summed E-state index contributed by atoms with van der Waals surface area (Å²) < 4.78 is 0. The van der Waals surface area contributed by atoms with Gasteiger partial charge in [0.2, 0.25) is 0 Å². The molecule has 0 atom stereocenters. The molecule has 12 heavy (non-hydrogen) atoms. The van der Waals surface area contributed by atoms with Crippen molar-refractivity contribution in [3.63, 3.8) is 0 Å². The molecular formula is C10H18OS.